The van der Waals surface area contributed by atoms with Gasteiger partial charge in [-0.05, 0) is 45.2 Å². The number of aliphatic imine (C=N–C) groups is 1. The number of nitrogens with one attached hydrogen (secondary N) is 1. The minimum Gasteiger partial charge on any atom is -0.356 e. The molecule has 3 heterocycles. The molecule has 1 N–H and O–H groups in total. The van der Waals surface area contributed by atoms with Crippen molar-refractivity contribution in [2.24, 2.45) is 4.99 Å². The lowest BCUT2D eigenvalue weighted by Crippen LogP contribution is -2.41. The lowest BCUT2D eigenvalue weighted by Gasteiger charge is -2.23. The summed E-state index contributed by atoms with van der Waals surface area (Å²) in [5, 5.41) is 4.62. The van der Waals surface area contributed by atoms with Crippen molar-refractivity contribution in [2.45, 2.75) is 52.4 Å². The standard InChI is InChI=1S/C24H33N5OS/c1-4-25-24(26-13-11-22-17(2)27-18(3)31-22)29-16-19(20-8-5-6-9-21(20)29)12-15-28-14-7-10-23(28)30/h5-6,8-9,19H,4,7,10-16H2,1-3H3,(H,25,26). The Bertz CT molecular complexity index is 953. The average molecular weight is 440 g/mol. The molecule has 2 aliphatic rings. The largest absolute Gasteiger partial charge is 0.356 e. The molecule has 1 fully saturated rings. The van der Waals surface area contributed by atoms with E-state index in [2.05, 4.69) is 60.2 Å². The van der Waals surface area contributed by atoms with Crippen molar-refractivity contribution in [3.63, 3.8) is 0 Å². The molecule has 2 aromatic rings. The predicted molar refractivity (Wildman–Crippen MR) is 128 cm³/mol. The van der Waals surface area contributed by atoms with Crippen LogP contribution in [0.5, 0.6) is 0 Å². The van der Waals surface area contributed by atoms with Gasteiger partial charge >= 0.3 is 0 Å². The van der Waals surface area contributed by atoms with Crippen LogP contribution >= 0.6 is 11.3 Å². The van der Waals surface area contributed by atoms with Crippen LogP contribution in [0.15, 0.2) is 29.3 Å². The maximum atomic E-state index is 12.0. The molecule has 31 heavy (non-hydrogen) atoms. The van der Waals surface area contributed by atoms with E-state index >= 15 is 0 Å². The molecular formula is C24H33N5OS. The second-order valence-corrected chi connectivity index (χ2v) is 9.65. The first-order valence-corrected chi connectivity index (χ1v) is 12.2. The Hall–Kier alpha value is -2.41. The second kappa shape index (κ2) is 9.81. The fourth-order valence-corrected chi connectivity index (χ4v) is 5.58. The van der Waals surface area contributed by atoms with E-state index in [4.69, 9.17) is 4.99 Å². The van der Waals surface area contributed by atoms with Gasteiger partial charge in [-0.2, -0.15) is 0 Å². The fraction of sp³-hybridized carbons (Fsp3) is 0.542. The number of amides is 1. The lowest BCUT2D eigenvalue weighted by molar-refractivity contribution is -0.127. The SMILES string of the molecule is CCNC(=NCCc1sc(C)nc1C)N1CC(CCN2CCCC2=O)c2ccccc21. The van der Waals surface area contributed by atoms with Gasteiger partial charge in [-0.25, -0.2) is 4.98 Å². The van der Waals surface area contributed by atoms with Gasteiger partial charge < -0.3 is 15.1 Å². The minimum absolute atomic E-state index is 0.312. The Balaban J connectivity index is 1.47. The van der Waals surface area contributed by atoms with E-state index in [1.54, 1.807) is 11.3 Å². The van der Waals surface area contributed by atoms with Gasteiger partial charge in [0.25, 0.3) is 0 Å². The highest BCUT2D eigenvalue weighted by Crippen LogP contribution is 2.38. The summed E-state index contributed by atoms with van der Waals surface area (Å²) in [5.41, 5.74) is 3.74. The molecule has 1 atom stereocenters. The van der Waals surface area contributed by atoms with E-state index < -0.39 is 0 Å². The normalized spacial score (nSPS) is 18.7. The Morgan fingerprint density at radius 1 is 1.32 bits per heavy atom. The number of fused-ring (bicyclic) bond motifs is 1. The first-order valence-electron chi connectivity index (χ1n) is 11.4. The topological polar surface area (TPSA) is 60.8 Å². The zero-order chi connectivity index (χ0) is 21.8. The van der Waals surface area contributed by atoms with Crippen LogP contribution in [0.25, 0.3) is 0 Å². The third-order valence-electron chi connectivity index (χ3n) is 6.18. The van der Waals surface area contributed by atoms with E-state index in [1.165, 1.54) is 16.1 Å². The van der Waals surface area contributed by atoms with Crippen molar-refractivity contribution >= 4 is 28.9 Å². The Labute approximate surface area is 189 Å². The molecule has 1 aromatic heterocycles. The van der Waals surface area contributed by atoms with Crippen molar-refractivity contribution < 1.29 is 4.79 Å². The van der Waals surface area contributed by atoms with Crippen LogP contribution in [-0.2, 0) is 11.2 Å². The number of carbonyl (C=O) groups excluding carboxylic acids is 1. The van der Waals surface area contributed by atoms with Gasteiger partial charge in [0.1, 0.15) is 0 Å². The molecule has 1 unspecified atom stereocenters. The molecule has 1 amide bonds. The highest BCUT2D eigenvalue weighted by Gasteiger charge is 2.32. The van der Waals surface area contributed by atoms with E-state index in [0.717, 1.165) is 68.6 Å². The second-order valence-electron chi connectivity index (χ2n) is 8.37. The number of hydrogen-bond acceptors (Lipinski definition) is 4. The molecule has 0 saturated carbocycles. The van der Waals surface area contributed by atoms with Gasteiger partial charge in [0.05, 0.1) is 10.7 Å². The highest BCUT2D eigenvalue weighted by molar-refractivity contribution is 7.11. The molecule has 2 aliphatic heterocycles. The smallest absolute Gasteiger partial charge is 0.222 e. The van der Waals surface area contributed by atoms with Crippen molar-refractivity contribution in [3.8, 4) is 0 Å². The van der Waals surface area contributed by atoms with Crippen molar-refractivity contribution in [2.75, 3.05) is 37.6 Å². The van der Waals surface area contributed by atoms with E-state index in [9.17, 15) is 4.79 Å². The van der Waals surface area contributed by atoms with Crippen LogP contribution in [0.3, 0.4) is 0 Å². The zero-order valence-electron chi connectivity index (χ0n) is 18.9. The molecule has 4 rings (SSSR count). The number of aromatic nitrogens is 1. The van der Waals surface area contributed by atoms with Gasteiger partial charge in [0.2, 0.25) is 5.91 Å². The summed E-state index contributed by atoms with van der Waals surface area (Å²) in [6, 6.07) is 8.65. The number of benzene rings is 1. The number of aryl methyl sites for hydroxylation is 2. The van der Waals surface area contributed by atoms with Crippen molar-refractivity contribution in [3.05, 3.63) is 45.4 Å². The van der Waals surface area contributed by atoms with Gasteiger partial charge in [-0.3, -0.25) is 9.79 Å². The Morgan fingerprint density at radius 2 is 2.16 bits per heavy atom. The van der Waals surface area contributed by atoms with E-state index in [1.807, 2.05) is 4.90 Å². The summed E-state index contributed by atoms with van der Waals surface area (Å²) in [7, 11) is 0. The molecule has 0 radical (unpaired) electrons. The van der Waals surface area contributed by atoms with Gasteiger partial charge in [0, 0.05) is 62.0 Å². The summed E-state index contributed by atoms with van der Waals surface area (Å²) >= 11 is 1.77. The van der Waals surface area contributed by atoms with Gasteiger partial charge in [0.15, 0.2) is 5.96 Å². The predicted octanol–water partition coefficient (Wildman–Crippen LogP) is 3.88. The maximum Gasteiger partial charge on any atom is 0.222 e. The molecule has 0 bridgehead atoms. The Kier molecular flexibility index (Phi) is 6.90. The van der Waals surface area contributed by atoms with E-state index in [-0.39, 0.29) is 0 Å². The van der Waals surface area contributed by atoms with Crippen molar-refractivity contribution in [1.82, 2.24) is 15.2 Å². The summed E-state index contributed by atoms with van der Waals surface area (Å²) in [4.78, 5) is 27.2. The number of para-hydroxylation sites is 1. The van der Waals surface area contributed by atoms with Crippen LogP contribution in [0, 0.1) is 13.8 Å². The van der Waals surface area contributed by atoms with Crippen LogP contribution in [-0.4, -0.2) is 54.5 Å². The molecule has 1 aromatic carbocycles. The van der Waals surface area contributed by atoms with Crippen LogP contribution < -0.4 is 10.2 Å². The van der Waals surface area contributed by atoms with Gasteiger partial charge in [-0.1, -0.05) is 18.2 Å². The quantitative estimate of drug-likeness (QED) is 0.525. The fourth-order valence-electron chi connectivity index (χ4n) is 4.66. The molecule has 1 saturated heterocycles. The summed E-state index contributed by atoms with van der Waals surface area (Å²) in [5.74, 6) is 1.68. The summed E-state index contributed by atoms with van der Waals surface area (Å²) in [6.45, 7) is 10.5. The number of anilines is 1. The molecule has 0 aliphatic carbocycles. The zero-order valence-corrected chi connectivity index (χ0v) is 19.7. The number of likely N-dealkylation sites (tertiary alicyclic amines) is 1. The van der Waals surface area contributed by atoms with Gasteiger partial charge in [-0.15, -0.1) is 11.3 Å². The minimum atomic E-state index is 0.312. The highest BCUT2D eigenvalue weighted by atomic mass is 32.1. The number of carbonyl (C=O) groups is 1. The number of nitrogens with zero attached hydrogens (tertiary/aromatic N) is 4. The molecular weight excluding hydrogens is 406 g/mol. The average Bonchev–Trinajstić information content (AvgIpc) is 3.43. The molecule has 166 valence electrons. The molecule has 0 spiro atoms. The monoisotopic (exact) mass is 439 g/mol. The van der Waals surface area contributed by atoms with E-state index in [0.29, 0.717) is 18.2 Å². The summed E-state index contributed by atoms with van der Waals surface area (Å²) in [6.07, 6.45) is 3.63. The van der Waals surface area contributed by atoms with Crippen LogP contribution in [0.1, 0.15) is 53.2 Å². The number of guanidine groups is 1. The van der Waals surface area contributed by atoms with Crippen LogP contribution in [0.4, 0.5) is 5.69 Å². The number of rotatable bonds is 7. The summed E-state index contributed by atoms with van der Waals surface area (Å²) < 4.78 is 0. The van der Waals surface area contributed by atoms with Crippen molar-refractivity contribution in [1.29, 1.82) is 0 Å². The maximum absolute atomic E-state index is 12.0. The van der Waals surface area contributed by atoms with Crippen LogP contribution in [0.2, 0.25) is 0 Å². The number of hydrogen-bond donors (Lipinski definition) is 1. The first-order chi connectivity index (χ1) is 15.1. The third-order valence-corrected chi connectivity index (χ3v) is 7.31. The molecule has 6 nitrogen and oxygen atoms in total. The Morgan fingerprint density at radius 3 is 2.87 bits per heavy atom. The third kappa shape index (κ3) is 4.92. The first kappa shape index (κ1) is 21.8. The molecule has 7 heteroatoms. The lowest BCUT2D eigenvalue weighted by atomic mass is 9.98. The number of thiazole rings is 1.